The summed E-state index contributed by atoms with van der Waals surface area (Å²) in [7, 11) is 0. The van der Waals surface area contributed by atoms with E-state index in [4.69, 9.17) is 0 Å². The molecule has 1 aliphatic carbocycles. The number of carbonyl (C=O) groups excluding carboxylic acids is 2. The molecule has 1 atom stereocenters. The molecule has 4 heterocycles. The number of rotatable bonds is 6. The summed E-state index contributed by atoms with van der Waals surface area (Å²) in [5, 5.41) is 10.1. The van der Waals surface area contributed by atoms with Gasteiger partial charge in [-0.05, 0) is 38.3 Å². The highest BCUT2D eigenvalue weighted by Crippen LogP contribution is 2.28. The molecule has 0 unspecified atom stereocenters. The second-order valence-electron chi connectivity index (χ2n) is 8.94. The van der Waals surface area contributed by atoms with Crippen LogP contribution in [0.5, 0.6) is 0 Å². The van der Waals surface area contributed by atoms with Crippen LogP contribution in [0.1, 0.15) is 59.7 Å². The van der Waals surface area contributed by atoms with Crippen LogP contribution in [0.25, 0.3) is 10.3 Å². The van der Waals surface area contributed by atoms with E-state index in [-0.39, 0.29) is 30.1 Å². The molecule has 1 saturated heterocycles. The maximum Gasteiger partial charge on any atom is 0.315 e. The maximum absolute atomic E-state index is 13.3. The minimum absolute atomic E-state index is 0.0610. The zero-order valence-corrected chi connectivity index (χ0v) is 20.1. The Morgan fingerprint density at radius 1 is 1.12 bits per heavy atom. The molecule has 2 aliphatic rings. The summed E-state index contributed by atoms with van der Waals surface area (Å²) in [5.74, 6) is 0.172. The van der Waals surface area contributed by atoms with Gasteiger partial charge in [0.25, 0.3) is 5.91 Å². The fourth-order valence-corrected chi connectivity index (χ4v) is 5.25. The van der Waals surface area contributed by atoms with Gasteiger partial charge in [-0.15, -0.1) is 11.3 Å². The number of carbonyl (C=O) groups is 2. The van der Waals surface area contributed by atoms with Crippen molar-refractivity contribution in [1.29, 1.82) is 0 Å². The van der Waals surface area contributed by atoms with Gasteiger partial charge in [0, 0.05) is 31.5 Å². The molecule has 0 bridgehead atoms. The number of urea groups is 1. The molecule has 34 heavy (non-hydrogen) atoms. The Morgan fingerprint density at radius 2 is 1.88 bits per heavy atom. The van der Waals surface area contributed by atoms with Gasteiger partial charge in [-0.3, -0.25) is 9.78 Å². The fraction of sp³-hybridized carbons (Fsp3) is 0.478. The van der Waals surface area contributed by atoms with Crippen LogP contribution in [0.3, 0.4) is 0 Å². The number of pyridine rings is 1. The van der Waals surface area contributed by atoms with Gasteiger partial charge in [-0.1, -0.05) is 18.9 Å². The first-order chi connectivity index (χ1) is 16.5. The van der Waals surface area contributed by atoms with Crippen LogP contribution in [0.4, 0.5) is 10.7 Å². The molecule has 1 saturated carbocycles. The van der Waals surface area contributed by atoms with E-state index in [9.17, 15) is 9.59 Å². The highest BCUT2D eigenvalue weighted by atomic mass is 32.1. The van der Waals surface area contributed by atoms with Gasteiger partial charge in [-0.2, -0.15) is 4.98 Å². The first-order valence-electron chi connectivity index (χ1n) is 11.6. The van der Waals surface area contributed by atoms with Gasteiger partial charge < -0.3 is 20.9 Å². The quantitative estimate of drug-likeness (QED) is 0.495. The molecular weight excluding hydrogens is 452 g/mol. The number of fused-ring (bicyclic) bond motifs is 1. The van der Waals surface area contributed by atoms with E-state index in [2.05, 4.69) is 35.9 Å². The predicted octanol–water partition coefficient (Wildman–Crippen LogP) is 3.03. The van der Waals surface area contributed by atoms with E-state index in [1.165, 1.54) is 24.2 Å². The van der Waals surface area contributed by atoms with Crippen LogP contribution in [-0.2, 0) is 0 Å². The first-order valence-corrected chi connectivity index (χ1v) is 12.5. The van der Waals surface area contributed by atoms with Crippen LogP contribution in [0, 0.1) is 6.92 Å². The van der Waals surface area contributed by atoms with Gasteiger partial charge in [-0.25, -0.2) is 14.8 Å². The lowest BCUT2D eigenvalue weighted by Gasteiger charge is -2.39. The summed E-state index contributed by atoms with van der Waals surface area (Å²) in [6.07, 6.45) is 7.91. The molecule has 5 rings (SSSR count). The third-order valence-electron chi connectivity index (χ3n) is 6.29. The van der Waals surface area contributed by atoms with E-state index in [1.807, 2.05) is 26.0 Å². The van der Waals surface area contributed by atoms with E-state index in [0.29, 0.717) is 35.1 Å². The molecule has 3 N–H and O–H groups in total. The molecule has 178 valence electrons. The topological polar surface area (TPSA) is 125 Å². The molecule has 0 radical (unpaired) electrons. The number of aromatic nitrogens is 4. The second kappa shape index (κ2) is 9.49. The van der Waals surface area contributed by atoms with Crippen molar-refractivity contribution in [3.8, 4) is 0 Å². The second-order valence-corrected chi connectivity index (χ2v) is 10.1. The number of amides is 3. The number of anilines is 1. The molecular formula is C23H28N8O2S. The summed E-state index contributed by atoms with van der Waals surface area (Å²) in [6, 6.07) is 3.81. The zero-order chi connectivity index (χ0) is 23.7. The van der Waals surface area contributed by atoms with Crippen LogP contribution in [-0.4, -0.2) is 61.9 Å². The van der Waals surface area contributed by atoms with Gasteiger partial charge in [0.15, 0.2) is 11.3 Å². The van der Waals surface area contributed by atoms with Crippen LogP contribution >= 0.6 is 11.3 Å². The monoisotopic (exact) mass is 480 g/mol. The minimum Gasteiger partial charge on any atom is -0.348 e. The summed E-state index contributed by atoms with van der Waals surface area (Å²) in [5.41, 5.74) is 1.83. The Bertz CT molecular complexity index is 1190. The van der Waals surface area contributed by atoms with E-state index in [1.54, 1.807) is 17.3 Å². The van der Waals surface area contributed by atoms with E-state index < -0.39 is 0 Å². The van der Waals surface area contributed by atoms with Gasteiger partial charge >= 0.3 is 6.03 Å². The summed E-state index contributed by atoms with van der Waals surface area (Å²) in [4.78, 5) is 45.0. The van der Waals surface area contributed by atoms with E-state index in [0.717, 1.165) is 23.4 Å². The van der Waals surface area contributed by atoms with Gasteiger partial charge in [0.2, 0.25) is 5.95 Å². The van der Waals surface area contributed by atoms with Crippen LogP contribution < -0.4 is 16.0 Å². The molecule has 0 aromatic carbocycles. The van der Waals surface area contributed by atoms with Crippen molar-refractivity contribution in [2.75, 3.05) is 18.4 Å². The zero-order valence-electron chi connectivity index (χ0n) is 19.2. The molecule has 3 aromatic heterocycles. The third kappa shape index (κ3) is 4.79. The number of hydrogen-bond acceptors (Lipinski definition) is 8. The maximum atomic E-state index is 13.3. The van der Waals surface area contributed by atoms with Crippen LogP contribution in [0.15, 0.2) is 24.5 Å². The molecule has 1 aliphatic heterocycles. The van der Waals surface area contributed by atoms with Crippen molar-refractivity contribution in [3.05, 3.63) is 40.8 Å². The first kappa shape index (κ1) is 22.5. The number of aryl methyl sites for hydroxylation is 1. The van der Waals surface area contributed by atoms with Gasteiger partial charge in [0.05, 0.1) is 17.1 Å². The highest BCUT2D eigenvalue weighted by molar-refractivity contribution is 7.18. The number of thiazole rings is 1. The summed E-state index contributed by atoms with van der Waals surface area (Å²) >= 11 is 1.41. The van der Waals surface area contributed by atoms with E-state index >= 15 is 0 Å². The number of nitrogens with one attached hydrogen (secondary N) is 3. The Hall–Kier alpha value is -3.34. The SMILES string of the molecule is Cc1nc2nc(N[C@@H](C)c3cccnc3)nc(C(=O)N3CC(NC(=O)NC4CCCC4)C3)c2s1. The Balaban J connectivity index is 1.27. The lowest BCUT2D eigenvalue weighted by Crippen LogP contribution is -2.62. The fourth-order valence-electron chi connectivity index (χ4n) is 4.41. The van der Waals surface area contributed by atoms with Crippen molar-refractivity contribution in [1.82, 2.24) is 35.5 Å². The van der Waals surface area contributed by atoms with Crippen molar-refractivity contribution in [3.63, 3.8) is 0 Å². The minimum atomic E-state index is -0.178. The summed E-state index contributed by atoms with van der Waals surface area (Å²) < 4.78 is 0.678. The number of hydrogen-bond donors (Lipinski definition) is 3. The van der Waals surface area contributed by atoms with Crippen molar-refractivity contribution in [2.24, 2.45) is 0 Å². The van der Waals surface area contributed by atoms with Crippen molar-refractivity contribution in [2.45, 2.75) is 57.7 Å². The third-order valence-corrected chi connectivity index (χ3v) is 7.25. The molecule has 3 amide bonds. The standard InChI is InChI=1S/C23H28N8O2S/c1-13(15-6-5-9-24-10-15)25-22-29-18(19-20(30-22)26-14(2)34-19)21(32)31-11-17(12-31)28-23(33)27-16-7-3-4-8-16/h5-6,9-10,13,16-17H,3-4,7-8,11-12H2,1-2H3,(H,25,29,30)(H2,27,28,33)/t13-/m0/s1. The predicted molar refractivity (Wildman–Crippen MR) is 130 cm³/mol. The molecule has 2 fully saturated rings. The molecule has 10 nitrogen and oxygen atoms in total. The number of nitrogens with zero attached hydrogens (tertiary/aromatic N) is 5. The largest absolute Gasteiger partial charge is 0.348 e. The average Bonchev–Trinajstić information content (AvgIpc) is 3.44. The lowest BCUT2D eigenvalue weighted by atomic mass is 10.1. The van der Waals surface area contributed by atoms with Crippen molar-refractivity contribution >= 4 is 39.6 Å². The highest BCUT2D eigenvalue weighted by Gasteiger charge is 2.35. The Morgan fingerprint density at radius 3 is 2.62 bits per heavy atom. The Labute approximate surface area is 201 Å². The molecule has 0 spiro atoms. The number of likely N-dealkylation sites (tertiary alicyclic amines) is 1. The van der Waals surface area contributed by atoms with Crippen molar-refractivity contribution < 1.29 is 9.59 Å². The molecule has 3 aromatic rings. The lowest BCUT2D eigenvalue weighted by molar-refractivity contribution is 0.0573. The van der Waals surface area contributed by atoms with Gasteiger partial charge in [0.1, 0.15) is 4.70 Å². The smallest absolute Gasteiger partial charge is 0.315 e. The normalized spacial score (nSPS) is 17.4. The average molecular weight is 481 g/mol. The van der Waals surface area contributed by atoms with Crippen LogP contribution in [0.2, 0.25) is 0 Å². The summed E-state index contributed by atoms with van der Waals surface area (Å²) in [6.45, 7) is 4.78. The Kier molecular flexibility index (Phi) is 6.27. The molecule has 11 heteroatoms.